The van der Waals surface area contributed by atoms with Gasteiger partial charge in [0, 0.05) is 30.9 Å². The second kappa shape index (κ2) is 11.3. The van der Waals surface area contributed by atoms with Crippen molar-refractivity contribution in [2.24, 2.45) is 5.92 Å². The molecule has 6 nitrogen and oxygen atoms in total. The summed E-state index contributed by atoms with van der Waals surface area (Å²) in [6, 6.07) is 25.9. The lowest BCUT2D eigenvalue weighted by atomic mass is 9.83. The first kappa shape index (κ1) is 26.3. The number of hydrogen-bond donors (Lipinski definition) is 0. The molecule has 1 saturated carbocycles. The van der Waals surface area contributed by atoms with E-state index in [0.717, 1.165) is 47.7 Å². The maximum Gasteiger partial charge on any atom is 0.264 e. The summed E-state index contributed by atoms with van der Waals surface area (Å²) in [6.07, 6.45) is 4.01. The first-order valence-electron chi connectivity index (χ1n) is 13.9. The van der Waals surface area contributed by atoms with Crippen LogP contribution in [0.3, 0.4) is 0 Å². The second-order valence-electron chi connectivity index (χ2n) is 10.9. The Labute approximate surface area is 238 Å². The third-order valence-corrected chi connectivity index (χ3v) is 8.47. The molecule has 2 unspecified atom stereocenters. The van der Waals surface area contributed by atoms with Crippen LogP contribution < -0.4 is 5.56 Å². The maximum atomic E-state index is 13.8. The minimum absolute atomic E-state index is 0.0320. The van der Waals surface area contributed by atoms with Crippen LogP contribution in [0.1, 0.15) is 55.0 Å². The summed E-state index contributed by atoms with van der Waals surface area (Å²) in [4.78, 5) is 29.6. The van der Waals surface area contributed by atoms with Crippen LogP contribution in [0, 0.1) is 12.8 Å². The first-order chi connectivity index (χ1) is 19.5. The quantitative estimate of drug-likeness (QED) is 0.210. The van der Waals surface area contributed by atoms with E-state index in [1.54, 1.807) is 6.92 Å². The average molecular weight is 554 g/mol. The summed E-state index contributed by atoms with van der Waals surface area (Å²) in [5.41, 5.74) is 3.40. The Morgan fingerprint density at radius 2 is 1.62 bits per heavy atom. The highest BCUT2D eigenvalue weighted by Crippen LogP contribution is 2.38. The maximum absolute atomic E-state index is 13.8. The van der Waals surface area contributed by atoms with Gasteiger partial charge in [0.05, 0.1) is 10.5 Å². The van der Waals surface area contributed by atoms with E-state index >= 15 is 0 Å². The molecule has 204 valence electrons. The smallest absolute Gasteiger partial charge is 0.264 e. The standard InChI is InChI=1S/C33H32ClN3O3/c1-22-30-32(35-40-22)31-27(34)16-9-17-28(31)37(33(30)39)26-15-8-14-25(18-26)19-29(38)36(20-23-10-4-2-5-11-23)21-24-12-6-3-7-13-24/h2-7,9-13,16-17,25-26H,8,14-15,18-21H2,1H3. The third-order valence-electron chi connectivity index (χ3n) is 8.15. The lowest BCUT2D eigenvalue weighted by molar-refractivity contribution is -0.133. The van der Waals surface area contributed by atoms with Gasteiger partial charge < -0.3 is 14.0 Å². The van der Waals surface area contributed by atoms with Crippen molar-refractivity contribution in [3.8, 4) is 0 Å². The van der Waals surface area contributed by atoms with Crippen molar-refractivity contribution in [1.82, 2.24) is 14.6 Å². The van der Waals surface area contributed by atoms with Gasteiger partial charge in [-0.2, -0.15) is 0 Å². The van der Waals surface area contributed by atoms with Crippen LogP contribution in [0.2, 0.25) is 5.02 Å². The highest BCUT2D eigenvalue weighted by molar-refractivity contribution is 6.37. The molecule has 1 aliphatic carbocycles. The lowest BCUT2D eigenvalue weighted by Crippen LogP contribution is -2.34. The van der Waals surface area contributed by atoms with Gasteiger partial charge in [-0.1, -0.05) is 89.9 Å². The number of nitrogens with zero attached hydrogens (tertiary/aromatic N) is 3. The van der Waals surface area contributed by atoms with Crippen molar-refractivity contribution in [3.63, 3.8) is 0 Å². The number of amides is 1. The minimum atomic E-state index is -0.102. The Morgan fingerprint density at radius 1 is 0.950 bits per heavy atom. The van der Waals surface area contributed by atoms with Crippen molar-refractivity contribution < 1.29 is 9.32 Å². The summed E-state index contributed by atoms with van der Waals surface area (Å²) in [5, 5.41) is 5.94. The summed E-state index contributed by atoms with van der Waals surface area (Å²) < 4.78 is 7.31. The number of rotatable bonds is 7. The molecule has 1 amide bonds. The average Bonchev–Trinajstić information content (AvgIpc) is 3.35. The molecule has 2 heterocycles. The van der Waals surface area contributed by atoms with Crippen LogP contribution in [0.5, 0.6) is 0 Å². The van der Waals surface area contributed by atoms with Gasteiger partial charge in [0.2, 0.25) is 5.91 Å². The van der Waals surface area contributed by atoms with Crippen LogP contribution in [0.4, 0.5) is 0 Å². The van der Waals surface area contributed by atoms with Crippen molar-refractivity contribution in [2.45, 2.75) is 58.2 Å². The molecule has 0 radical (unpaired) electrons. The molecule has 1 aliphatic rings. The molecular weight excluding hydrogens is 522 g/mol. The molecule has 5 aromatic rings. The molecule has 0 saturated heterocycles. The summed E-state index contributed by atoms with van der Waals surface area (Å²) in [7, 11) is 0. The van der Waals surface area contributed by atoms with Crippen LogP contribution in [-0.2, 0) is 17.9 Å². The highest BCUT2D eigenvalue weighted by Gasteiger charge is 2.30. The molecule has 2 aromatic heterocycles. The monoisotopic (exact) mass is 553 g/mol. The Morgan fingerprint density at radius 3 is 2.30 bits per heavy atom. The first-order valence-corrected chi connectivity index (χ1v) is 14.3. The van der Waals surface area contributed by atoms with E-state index in [-0.39, 0.29) is 23.4 Å². The van der Waals surface area contributed by atoms with E-state index in [0.29, 0.717) is 41.2 Å². The zero-order chi connectivity index (χ0) is 27.6. The van der Waals surface area contributed by atoms with Gasteiger partial charge in [0.25, 0.3) is 5.56 Å². The number of aryl methyl sites for hydroxylation is 1. The molecule has 1 fully saturated rings. The zero-order valence-electron chi connectivity index (χ0n) is 22.6. The molecular formula is C33H32ClN3O3. The highest BCUT2D eigenvalue weighted by atomic mass is 35.5. The van der Waals surface area contributed by atoms with E-state index in [1.165, 1.54) is 0 Å². The number of aromatic nitrogens is 2. The lowest BCUT2D eigenvalue weighted by Gasteiger charge is -2.33. The number of carbonyl (C=O) groups is 1. The van der Waals surface area contributed by atoms with E-state index in [1.807, 2.05) is 64.1 Å². The fraction of sp³-hybridized carbons (Fsp3) is 0.303. The van der Waals surface area contributed by atoms with E-state index < -0.39 is 0 Å². The van der Waals surface area contributed by atoms with E-state index in [9.17, 15) is 9.59 Å². The zero-order valence-corrected chi connectivity index (χ0v) is 23.3. The fourth-order valence-electron chi connectivity index (χ4n) is 6.23. The Hall–Kier alpha value is -3.90. The second-order valence-corrected chi connectivity index (χ2v) is 11.3. The number of pyridine rings is 1. The number of hydrogen-bond acceptors (Lipinski definition) is 4. The summed E-state index contributed by atoms with van der Waals surface area (Å²) >= 11 is 6.63. The summed E-state index contributed by atoms with van der Waals surface area (Å²) in [5.74, 6) is 0.820. The van der Waals surface area contributed by atoms with Crippen molar-refractivity contribution in [2.75, 3.05) is 0 Å². The molecule has 0 bridgehead atoms. The Balaban J connectivity index is 1.28. The molecule has 3 aromatic carbocycles. The summed E-state index contributed by atoms with van der Waals surface area (Å²) in [6.45, 7) is 2.90. The molecule has 2 atom stereocenters. The van der Waals surface area contributed by atoms with Gasteiger partial charge in [0.1, 0.15) is 16.7 Å². The largest absolute Gasteiger partial charge is 0.360 e. The Bertz CT molecular complexity index is 1670. The number of benzene rings is 3. The molecule has 40 heavy (non-hydrogen) atoms. The third kappa shape index (κ3) is 5.16. The number of halogens is 1. The van der Waals surface area contributed by atoms with Gasteiger partial charge in [-0.25, -0.2) is 0 Å². The SMILES string of the molecule is Cc1onc2c1c(=O)n(C1CCCC(CC(=O)N(Cc3ccccc3)Cc3ccccc3)C1)c1cccc(Cl)c21. The normalized spacial score (nSPS) is 17.4. The molecule has 7 heteroatoms. The molecule has 0 N–H and O–H groups in total. The van der Waals surface area contributed by atoms with Gasteiger partial charge in [-0.3, -0.25) is 9.59 Å². The molecule has 0 spiro atoms. The Kier molecular flexibility index (Phi) is 7.44. The molecule has 6 rings (SSSR count). The van der Waals surface area contributed by atoms with Gasteiger partial charge >= 0.3 is 0 Å². The number of carbonyl (C=O) groups excluding carboxylic acids is 1. The van der Waals surface area contributed by atoms with Crippen molar-refractivity contribution in [1.29, 1.82) is 0 Å². The van der Waals surface area contributed by atoms with Crippen LogP contribution in [0.15, 0.2) is 88.2 Å². The minimum Gasteiger partial charge on any atom is -0.360 e. The predicted octanol–water partition coefficient (Wildman–Crippen LogP) is 7.45. The molecule has 0 aliphatic heterocycles. The van der Waals surface area contributed by atoms with E-state index in [2.05, 4.69) is 29.4 Å². The van der Waals surface area contributed by atoms with E-state index in [4.69, 9.17) is 16.1 Å². The van der Waals surface area contributed by atoms with Crippen LogP contribution in [0.25, 0.3) is 21.8 Å². The van der Waals surface area contributed by atoms with Crippen LogP contribution >= 0.6 is 11.6 Å². The van der Waals surface area contributed by atoms with Crippen molar-refractivity contribution in [3.05, 3.63) is 111 Å². The van der Waals surface area contributed by atoms with Gasteiger partial charge in [-0.05, 0) is 55.4 Å². The van der Waals surface area contributed by atoms with Crippen molar-refractivity contribution >= 4 is 39.3 Å². The van der Waals surface area contributed by atoms with Gasteiger partial charge in [-0.15, -0.1) is 0 Å². The number of fused-ring (bicyclic) bond motifs is 3. The van der Waals surface area contributed by atoms with Gasteiger partial charge in [0.15, 0.2) is 0 Å². The predicted molar refractivity (Wildman–Crippen MR) is 158 cm³/mol. The fourth-order valence-corrected chi connectivity index (χ4v) is 6.49. The van der Waals surface area contributed by atoms with Crippen LogP contribution in [-0.4, -0.2) is 20.5 Å². The topological polar surface area (TPSA) is 68.3 Å².